The first-order valence-electron chi connectivity index (χ1n) is 6.08. The van der Waals surface area contributed by atoms with E-state index in [1.165, 1.54) is 6.92 Å². The van der Waals surface area contributed by atoms with Crippen molar-refractivity contribution < 1.29 is 35.5 Å². The van der Waals surface area contributed by atoms with Crippen molar-refractivity contribution in [1.29, 1.82) is 0 Å². The molecular formula is C12H12F3N3O5S. The molecule has 0 saturated heterocycles. The average molecular weight is 367 g/mol. The normalized spacial score (nSPS) is 11.4. The van der Waals surface area contributed by atoms with E-state index in [9.17, 15) is 18.0 Å². The summed E-state index contributed by atoms with van der Waals surface area (Å²) in [6, 6.07) is 8.24. The zero-order valence-electron chi connectivity index (χ0n) is 12.0. The molecule has 12 heteroatoms. The van der Waals surface area contributed by atoms with Gasteiger partial charge >= 0.3 is 16.6 Å². The molecule has 0 atom stereocenters. The van der Waals surface area contributed by atoms with Crippen molar-refractivity contribution in [3.8, 4) is 0 Å². The number of para-hydroxylation sites is 1. The molecule has 0 aliphatic rings. The number of H-pyrrole nitrogens is 1. The van der Waals surface area contributed by atoms with Crippen LogP contribution in [0, 0.1) is 6.92 Å². The molecule has 0 saturated carbocycles. The number of benzene rings is 1. The van der Waals surface area contributed by atoms with Crippen LogP contribution in [0.3, 0.4) is 0 Å². The highest BCUT2D eigenvalue weighted by molar-refractivity contribution is 7.79. The summed E-state index contributed by atoms with van der Waals surface area (Å²) in [4.78, 5) is 11.9. The van der Waals surface area contributed by atoms with E-state index in [0.29, 0.717) is 5.69 Å². The lowest BCUT2D eigenvalue weighted by Crippen LogP contribution is -2.18. The van der Waals surface area contributed by atoms with Crippen LogP contribution < -0.4 is 5.32 Å². The number of anilines is 1. The van der Waals surface area contributed by atoms with Gasteiger partial charge in [-0.2, -0.15) is 26.7 Å². The number of nitrogens with one attached hydrogen (secondary N) is 2. The first kappa shape index (κ1) is 19.6. The lowest BCUT2D eigenvalue weighted by molar-refractivity contribution is -0.141. The number of amides is 1. The lowest BCUT2D eigenvalue weighted by atomic mass is 10.1. The number of hydrogen-bond donors (Lipinski definition) is 4. The predicted octanol–water partition coefficient (Wildman–Crippen LogP) is 2.34. The molecule has 2 aromatic rings. The Balaban J connectivity index is 0.000000505. The van der Waals surface area contributed by atoms with E-state index in [1.807, 2.05) is 0 Å². The number of carbonyl (C=O) groups excluding carboxylic acids is 1. The van der Waals surface area contributed by atoms with Crippen molar-refractivity contribution in [2.24, 2.45) is 0 Å². The second kappa shape index (κ2) is 7.42. The first-order valence-corrected chi connectivity index (χ1v) is 7.47. The Bertz CT molecular complexity index is 795. The number of halogens is 3. The fraction of sp³-hybridized carbons (Fsp3) is 0.167. The van der Waals surface area contributed by atoms with Gasteiger partial charge in [0.25, 0.3) is 5.91 Å². The maximum atomic E-state index is 12.7. The Kier molecular flexibility index (Phi) is 6.06. The van der Waals surface area contributed by atoms with Gasteiger partial charge in [0.2, 0.25) is 0 Å². The van der Waals surface area contributed by atoms with Crippen molar-refractivity contribution in [2.45, 2.75) is 13.1 Å². The van der Waals surface area contributed by atoms with Crippen LogP contribution in [0.1, 0.15) is 21.7 Å². The molecule has 132 valence electrons. The molecule has 1 aromatic carbocycles. The van der Waals surface area contributed by atoms with Gasteiger partial charge in [0.1, 0.15) is 0 Å². The van der Waals surface area contributed by atoms with Crippen LogP contribution in [0.15, 0.2) is 30.3 Å². The fourth-order valence-corrected chi connectivity index (χ4v) is 1.63. The number of aryl methyl sites for hydroxylation is 1. The summed E-state index contributed by atoms with van der Waals surface area (Å²) in [7, 11) is -4.67. The maximum Gasteiger partial charge on any atom is 0.435 e. The van der Waals surface area contributed by atoms with Gasteiger partial charge in [0.15, 0.2) is 5.69 Å². The molecule has 0 unspecified atom stereocenters. The molecule has 0 bridgehead atoms. The van der Waals surface area contributed by atoms with E-state index >= 15 is 0 Å². The van der Waals surface area contributed by atoms with Gasteiger partial charge in [-0.1, -0.05) is 18.2 Å². The van der Waals surface area contributed by atoms with E-state index in [-0.39, 0.29) is 5.69 Å². The van der Waals surface area contributed by atoms with Gasteiger partial charge in [-0.25, -0.2) is 0 Å². The minimum atomic E-state index is -4.67. The highest BCUT2D eigenvalue weighted by Gasteiger charge is 2.39. The third-order valence-corrected chi connectivity index (χ3v) is 2.47. The molecule has 1 heterocycles. The smallest absolute Gasteiger partial charge is 0.322 e. The second-order valence-electron chi connectivity index (χ2n) is 4.34. The summed E-state index contributed by atoms with van der Waals surface area (Å²) < 4.78 is 69.7. The summed E-state index contributed by atoms with van der Waals surface area (Å²) >= 11 is 0. The largest absolute Gasteiger partial charge is 0.435 e. The molecule has 1 amide bonds. The lowest BCUT2D eigenvalue weighted by Gasteiger charge is -2.08. The SMILES string of the molecule is Cc1[nH]nc(C(F)(F)F)c1C(=O)Nc1ccccc1.O=S(=O)(O)O. The Labute approximate surface area is 134 Å². The highest BCUT2D eigenvalue weighted by Crippen LogP contribution is 2.31. The van der Waals surface area contributed by atoms with Crippen LogP contribution in [0.5, 0.6) is 0 Å². The fourth-order valence-electron chi connectivity index (χ4n) is 1.63. The van der Waals surface area contributed by atoms with Gasteiger partial charge in [-0.3, -0.25) is 19.0 Å². The van der Waals surface area contributed by atoms with Gasteiger partial charge in [-0.05, 0) is 19.1 Å². The molecule has 0 aliphatic heterocycles. The van der Waals surface area contributed by atoms with Crippen LogP contribution in [0.4, 0.5) is 18.9 Å². The Morgan fingerprint density at radius 1 is 1.21 bits per heavy atom. The molecule has 0 radical (unpaired) electrons. The van der Waals surface area contributed by atoms with Crippen LogP contribution in [-0.2, 0) is 16.6 Å². The summed E-state index contributed by atoms with van der Waals surface area (Å²) in [5.74, 6) is -0.843. The zero-order chi connectivity index (χ0) is 18.5. The molecule has 2 rings (SSSR count). The molecule has 1 aromatic heterocycles. The maximum absolute atomic E-state index is 12.7. The quantitative estimate of drug-likeness (QED) is 0.602. The van der Waals surface area contributed by atoms with Crippen molar-refractivity contribution in [3.63, 3.8) is 0 Å². The third kappa shape index (κ3) is 6.36. The molecule has 0 fully saturated rings. The van der Waals surface area contributed by atoms with Crippen LogP contribution in [0.25, 0.3) is 0 Å². The number of alkyl halides is 3. The summed E-state index contributed by atoms with van der Waals surface area (Å²) in [5.41, 5.74) is -1.21. The minimum absolute atomic E-state index is 0.0701. The Morgan fingerprint density at radius 3 is 2.17 bits per heavy atom. The summed E-state index contributed by atoms with van der Waals surface area (Å²) in [6.07, 6.45) is -4.67. The van der Waals surface area contributed by atoms with E-state index < -0.39 is 33.7 Å². The standard InChI is InChI=1S/C12H10F3N3O.H2O4S/c1-7-9(10(18-17-7)12(13,14)15)11(19)16-8-5-3-2-4-6-8;1-5(2,3)4/h2-6H,1H3,(H,16,19)(H,17,18);(H2,1,2,3,4). The van der Waals surface area contributed by atoms with Gasteiger partial charge in [-0.15, -0.1) is 0 Å². The molecule has 0 aliphatic carbocycles. The van der Waals surface area contributed by atoms with E-state index in [2.05, 4.69) is 15.5 Å². The number of hydrogen-bond acceptors (Lipinski definition) is 4. The third-order valence-electron chi connectivity index (χ3n) is 2.47. The van der Waals surface area contributed by atoms with Crippen LogP contribution >= 0.6 is 0 Å². The predicted molar refractivity (Wildman–Crippen MR) is 76.9 cm³/mol. The molecule has 24 heavy (non-hydrogen) atoms. The molecule has 0 spiro atoms. The van der Waals surface area contributed by atoms with Crippen molar-refractivity contribution in [2.75, 3.05) is 5.32 Å². The van der Waals surface area contributed by atoms with Crippen LogP contribution in [0.2, 0.25) is 0 Å². The van der Waals surface area contributed by atoms with Crippen LogP contribution in [-0.4, -0.2) is 33.6 Å². The number of carbonyl (C=O) groups is 1. The Morgan fingerprint density at radius 2 is 1.71 bits per heavy atom. The van der Waals surface area contributed by atoms with Gasteiger partial charge in [0, 0.05) is 11.4 Å². The van der Waals surface area contributed by atoms with E-state index in [0.717, 1.165) is 0 Å². The van der Waals surface area contributed by atoms with Crippen molar-refractivity contribution >= 4 is 22.0 Å². The molecule has 4 N–H and O–H groups in total. The molecule has 8 nitrogen and oxygen atoms in total. The average Bonchev–Trinajstić information content (AvgIpc) is 2.80. The first-order chi connectivity index (χ1) is 10.9. The Hall–Kier alpha value is -2.44. The van der Waals surface area contributed by atoms with Crippen molar-refractivity contribution in [1.82, 2.24) is 10.2 Å². The number of aromatic amines is 1. The van der Waals surface area contributed by atoms with Gasteiger partial charge < -0.3 is 5.32 Å². The number of nitrogens with zero attached hydrogens (tertiary/aromatic N) is 1. The second-order valence-corrected chi connectivity index (χ2v) is 5.23. The number of rotatable bonds is 2. The highest BCUT2D eigenvalue weighted by atomic mass is 32.3. The molecular weight excluding hydrogens is 355 g/mol. The van der Waals surface area contributed by atoms with Crippen molar-refractivity contribution in [3.05, 3.63) is 47.3 Å². The zero-order valence-corrected chi connectivity index (χ0v) is 12.8. The number of aromatic nitrogens is 2. The topological polar surface area (TPSA) is 132 Å². The van der Waals surface area contributed by atoms with E-state index in [4.69, 9.17) is 17.5 Å². The summed E-state index contributed by atoms with van der Waals surface area (Å²) in [6.45, 7) is 1.36. The summed E-state index contributed by atoms with van der Waals surface area (Å²) in [5, 5.41) is 7.72. The minimum Gasteiger partial charge on any atom is -0.322 e. The van der Waals surface area contributed by atoms with E-state index in [1.54, 1.807) is 30.3 Å². The monoisotopic (exact) mass is 367 g/mol. The van der Waals surface area contributed by atoms with Gasteiger partial charge in [0.05, 0.1) is 5.56 Å².